The Morgan fingerprint density at radius 1 is 1.00 bits per heavy atom. The number of hydrogen-bond acceptors (Lipinski definition) is 4. The number of carbonyl (C=O) groups is 1. The summed E-state index contributed by atoms with van der Waals surface area (Å²) < 4.78 is 7.78. The number of aromatic nitrogens is 3. The number of carbonyl (C=O) groups excluding carboxylic acids is 1. The molecule has 0 aliphatic carbocycles. The lowest BCUT2D eigenvalue weighted by Crippen LogP contribution is -2.03. The molecule has 0 spiro atoms. The third kappa shape index (κ3) is 4.63. The van der Waals surface area contributed by atoms with E-state index in [2.05, 4.69) is 46.7 Å². The van der Waals surface area contributed by atoms with E-state index in [0.29, 0.717) is 24.3 Å². The Morgan fingerprint density at radius 3 is 2.62 bits per heavy atom. The van der Waals surface area contributed by atoms with E-state index in [0.717, 1.165) is 39.1 Å². The molecule has 0 amide bonds. The van der Waals surface area contributed by atoms with Crippen LogP contribution in [-0.2, 0) is 6.54 Å². The molecule has 5 rings (SSSR count). The van der Waals surface area contributed by atoms with Crippen LogP contribution in [0.25, 0.3) is 21.9 Å². The normalized spacial score (nSPS) is 11.1. The number of nitrogens with one attached hydrogen (secondary N) is 1. The predicted molar refractivity (Wildman–Crippen MR) is 139 cm³/mol. The van der Waals surface area contributed by atoms with Gasteiger partial charge in [0.05, 0.1) is 25.2 Å². The first-order valence-electron chi connectivity index (χ1n) is 11.1. The molecule has 2 aromatic heterocycles. The van der Waals surface area contributed by atoms with E-state index >= 15 is 0 Å². The van der Waals surface area contributed by atoms with Gasteiger partial charge in [-0.2, -0.15) is 11.8 Å². The van der Waals surface area contributed by atoms with Gasteiger partial charge >= 0.3 is 0 Å². The Morgan fingerprint density at radius 2 is 1.82 bits per heavy atom. The fourth-order valence-electron chi connectivity index (χ4n) is 4.12. The summed E-state index contributed by atoms with van der Waals surface area (Å²) in [4.78, 5) is 20.9. The molecule has 3 aromatic carbocycles. The number of ketones is 1. The zero-order valence-corrected chi connectivity index (χ0v) is 19.7. The van der Waals surface area contributed by atoms with E-state index in [1.807, 2.05) is 53.2 Å². The Hall–Kier alpha value is -3.77. The number of aromatic amines is 1. The van der Waals surface area contributed by atoms with Gasteiger partial charge in [-0.15, -0.1) is 0 Å². The molecule has 0 aliphatic heterocycles. The van der Waals surface area contributed by atoms with Crippen LogP contribution in [-0.4, -0.2) is 38.9 Å². The first-order valence-corrected chi connectivity index (χ1v) is 12.5. The number of ether oxygens (including phenoxy) is 1. The molecular formula is C28H25N3O2S. The first kappa shape index (κ1) is 22.0. The molecule has 2 heterocycles. The second-order valence-corrected chi connectivity index (χ2v) is 9.04. The quantitative estimate of drug-likeness (QED) is 0.212. The van der Waals surface area contributed by atoms with Crippen molar-refractivity contribution in [3.8, 4) is 16.9 Å². The number of H-pyrrole nitrogens is 1. The maximum Gasteiger partial charge on any atom is 0.195 e. The zero-order chi connectivity index (χ0) is 23.3. The Labute approximate surface area is 202 Å². The monoisotopic (exact) mass is 467 g/mol. The molecule has 0 atom stereocenters. The third-order valence-electron chi connectivity index (χ3n) is 5.78. The largest absolute Gasteiger partial charge is 0.493 e. The Balaban J connectivity index is 1.54. The van der Waals surface area contributed by atoms with E-state index in [1.165, 1.54) is 0 Å². The van der Waals surface area contributed by atoms with Crippen molar-refractivity contribution in [3.05, 3.63) is 108 Å². The van der Waals surface area contributed by atoms with E-state index in [1.54, 1.807) is 24.3 Å². The van der Waals surface area contributed by atoms with Crippen LogP contribution in [0, 0.1) is 0 Å². The SMILES string of the molecule is CSCCOc1ccc(C(=O)c2cn(Cc3cnc[nH]3)cc2-c2cccc3ccccc23)cc1. The van der Waals surface area contributed by atoms with Crippen LogP contribution < -0.4 is 4.74 Å². The van der Waals surface area contributed by atoms with Gasteiger partial charge in [-0.05, 0) is 46.9 Å². The van der Waals surface area contributed by atoms with Gasteiger partial charge in [0.2, 0.25) is 0 Å². The molecule has 6 heteroatoms. The minimum absolute atomic E-state index is 0.0121. The van der Waals surface area contributed by atoms with Gasteiger partial charge in [0.25, 0.3) is 0 Å². The second kappa shape index (κ2) is 10.0. The molecule has 0 aliphatic rings. The predicted octanol–water partition coefficient (Wildman–Crippen LogP) is 6.05. The summed E-state index contributed by atoms with van der Waals surface area (Å²) in [5, 5.41) is 2.27. The summed E-state index contributed by atoms with van der Waals surface area (Å²) in [6.45, 7) is 1.25. The highest BCUT2D eigenvalue weighted by molar-refractivity contribution is 7.98. The molecule has 0 unspecified atom stereocenters. The summed E-state index contributed by atoms with van der Waals surface area (Å²) in [6, 6.07) is 21.9. The molecule has 0 radical (unpaired) electrons. The summed E-state index contributed by atoms with van der Waals surface area (Å²) in [6.07, 6.45) is 9.50. The van der Waals surface area contributed by atoms with E-state index < -0.39 is 0 Å². The lowest BCUT2D eigenvalue weighted by Gasteiger charge is -2.09. The lowest BCUT2D eigenvalue weighted by molar-refractivity contribution is 0.103. The van der Waals surface area contributed by atoms with Crippen LogP contribution in [0.15, 0.2) is 91.6 Å². The minimum atomic E-state index is -0.0121. The van der Waals surface area contributed by atoms with Crippen LogP contribution in [0.3, 0.4) is 0 Å². The average molecular weight is 468 g/mol. The lowest BCUT2D eigenvalue weighted by atomic mass is 9.94. The number of benzene rings is 3. The van der Waals surface area contributed by atoms with Gasteiger partial charge in [0, 0.05) is 41.0 Å². The van der Waals surface area contributed by atoms with Crippen LogP contribution in [0.2, 0.25) is 0 Å². The molecule has 34 heavy (non-hydrogen) atoms. The number of thioether (sulfide) groups is 1. The van der Waals surface area contributed by atoms with E-state index in [4.69, 9.17) is 4.74 Å². The Kier molecular flexibility index (Phi) is 6.49. The number of rotatable bonds is 9. The van der Waals surface area contributed by atoms with Crippen LogP contribution in [0.1, 0.15) is 21.6 Å². The van der Waals surface area contributed by atoms with Gasteiger partial charge in [-0.1, -0.05) is 42.5 Å². The summed E-state index contributed by atoms with van der Waals surface area (Å²) >= 11 is 1.74. The first-order chi connectivity index (χ1) is 16.7. The molecule has 170 valence electrons. The maximum atomic E-state index is 13.7. The zero-order valence-electron chi connectivity index (χ0n) is 18.9. The third-order valence-corrected chi connectivity index (χ3v) is 6.36. The standard InChI is InChI=1S/C28H25N3O2S/c1-34-14-13-33-23-11-9-21(10-12-23)28(32)27-18-31(16-22-15-29-19-30-22)17-26(27)25-8-4-6-20-5-2-3-7-24(20)25/h2-12,15,17-19H,13-14,16H2,1H3,(H,29,30). The van der Waals surface area contributed by atoms with Gasteiger partial charge in [-0.3, -0.25) is 4.79 Å². The highest BCUT2D eigenvalue weighted by atomic mass is 32.2. The van der Waals surface area contributed by atoms with Crippen molar-refractivity contribution in [3.63, 3.8) is 0 Å². The fraction of sp³-hybridized carbons (Fsp3) is 0.143. The van der Waals surface area contributed by atoms with Gasteiger partial charge in [0.1, 0.15) is 5.75 Å². The molecule has 0 fully saturated rings. The molecule has 0 bridgehead atoms. The summed E-state index contributed by atoms with van der Waals surface area (Å²) in [5.41, 5.74) is 4.25. The number of fused-ring (bicyclic) bond motifs is 1. The summed E-state index contributed by atoms with van der Waals surface area (Å²) in [5.74, 6) is 1.69. The average Bonchev–Trinajstić information content (AvgIpc) is 3.54. The number of nitrogens with zero attached hydrogens (tertiary/aromatic N) is 2. The van der Waals surface area contributed by atoms with Crippen LogP contribution in [0.5, 0.6) is 5.75 Å². The highest BCUT2D eigenvalue weighted by Gasteiger charge is 2.19. The molecular weight excluding hydrogens is 442 g/mol. The Bertz CT molecular complexity index is 1400. The van der Waals surface area contributed by atoms with Crippen molar-refractivity contribution in [2.45, 2.75) is 6.54 Å². The van der Waals surface area contributed by atoms with Crippen molar-refractivity contribution in [1.29, 1.82) is 0 Å². The molecule has 0 saturated carbocycles. The van der Waals surface area contributed by atoms with Gasteiger partial charge in [0.15, 0.2) is 5.78 Å². The molecule has 1 N–H and O–H groups in total. The second-order valence-electron chi connectivity index (χ2n) is 8.06. The summed E-state index contributed by atoms with van der Waals surface area (Å²) in [7, 11) is 0. The van der Waals surface area contributed by atoms with Crippen molar-refractivity contribution in [1.82, 2.24) is 14.5 Å². The van der Waals surface area contributed by atoms with Crippen molar-refractivity contribution in [2.75, 3.05) is 18.6 Å². The molecule has 0 saturated heterocycles. The topological polar surface area (TPSA) is 59.9 Å². The maximum absolute atomic E-state index is 13.7. The highest BCUT2D eigenvalue weighted by Crippen LogP contribution is 2.33. The van der Waals surface area contributed by atoms with Crippen molar-refractivity contribution < 1.29 is 9.53 Å². The van der Waals surface area contributed by atoms with Crippen LogP contribution >= 0.6 is 11.8 Å². The van der Waals surface area contributed by atoms with Gasteiger partial charge in [-0.25, -0.2) is 4.98 Å². The van der Waals surface area contributed by atoms with E-state index in [-0.39, 0.29) is 5.78 Å². The minimum Gasteiger partial charge on any atom is -0.493 e. The van der Waals surface area contributed by atoms with Crippen LogP contribution in [0.4, 0.5) is 0 Å². The van der Waals surface area contributed by atoms with Crippen molar-refractivity contribution in [2.24, 2.45) is 0 Å². The number of hydrogen-bond donors (Lipinski definition) is 1. The van der Waals surface area contributed by atoms with E-state index in [9.17, 15) is 4.79 Å². The van der Waals surface area contributed by atoms with Gasteiger partial charge < -0.3 is 14.3 Å². The smallest absolute Gasteiger partial charge is 0.195 e. The van der Waals surface area contributed by atoms with Crippen molar-refractivity contribution >= 4 is 28.3 Å². The molecule has 5 nitrogen and oxygen atoms in total. The fourth-order valence-corrected chi connectivity index (χ4v) is 4.37. The molecule has 5 aromatic rings. The number of imidazole rings is 1.